The molecule has 0 aliphatic carbocycles. The molecule has 2 aromatic heterocycles. The number of hydrogen-bond donors (Lipinski definition) is 2. The quantitative estimate of drug-likeness (QED) is 0.202. The minimum atomic E-state index is 0. The van der Waals surface area contributed by atoms with Gasteiger partial charge in [0.1, 0.15) is 18.2 Å². The van der Waals surface area contributed by atoms with Crippen LogP contribution >= 0.6 is 24.0 Å². The van der Waals surface area contributed by atoms with Crippen molar-refractivity contribution in [2.24, 2.45) is 4.99 Å². The monoisotopic (exact) mass is 541 g/mol. The van der Waals surface area contributed by atoms with Crippen LogP contribution in [0.15, 0.2) is 46.1 Å². The summed E-state index contributed by atoms with van der Waals surface area (Å²) in [4.78, 5) is 11.8. The zero-order valence-electron chi connectivity index (χ0n) is 18.5. The van der Waals surface area contributed by atoms with Crippen molar-refractivity contribution in [1.82, 2.24) is 15.6 Å². The highest BCUT2D eigenvalue weighted by Crippen LogP contribution is 2.17. The maximum absolute atomic E-state index is 5.61. The van der Waals surface area contributed by atoms with Gasteiger partial charge in [0, 0.05) is 39.0 Å². The minimum Gasteiger partial charge on any atom is -0.467 e. The van der Waals surface area contributed by atoms with Gasteiger partial charge in [-0.1, -0.05) is 18.9 Å². The lowest BCUT2D eigenvalue weighted by molar-refractivity contribution is 0.105. The lowest BCUT2D eigenvalue weighted by Gasteiger charge is -2.21. The van der Waals surface area contributed by atoms with E-state index in [1.165, 1.54) is 25.7 Å². The normalized spacial score (nSPS) is 14.6. The topological polar surface area (TPSA) is 74.9 Å². The van der Waals surface area contributed by atoms with Crippen LogP contribution in [0.5, 0.6) is 0 Å². The second-order valence-corrected chi connectivity index (χ2v) is 7.53. The highest BCUT2D eigenvalue weighted by atomic mass is 127. The van der Waals surface area contributed by atoms with Crippen molar-refractivity contribution in [3.8, 4) is 0 Å². The van der Waals surface area contributed by atoms with Crippen LogP contribution in [0.2, 0.25) is 0 Å². The predicted octanol–water partition coefficient (Wildman–Crippen LogP) is 4.34. The first-order valence-corrected chi connectivity index (χ1v) is 11.2. The molecule has 0 atom stereocenters. The van der Waals surface area contributed by atoms with Crippen LogP contribution in [0.3, 0.4) is 0 Å². The van der Waals surface area contributed by atoms with Gasteiger partial charge in [0.25, 0.3) is 0 Å². The summed E-state index contributed by atoms with van der Waals surface area (Å²) in [7, 11) is 0. The van der Waals surface area contributed by atoms with Gasteiger partial charge < -0.3 is 24.7 Å². The molecular formula is C23H36IN5O2. The smallest absolute Gasteiger partial charge is 0.191 e. The third kappa shape index (κ3) is 9.47. The van der Waals surface area contributed by atoms with E-state index >= 15 is 0 Å². The molecule has 31 heavy (non-hydrogen) atoms. The number of pyridine rings is 1. The Hall–Kier alpha value is -1.81. The molecule has 0 amide bonds. The molecule has 1 aliphatic rings. The average molecular weight is 541 g/mol. The average Bonchev–Trinajstić information content (AvgIpc) is 3.14. The van der Waals surface area contributed by atoms with E-state index in [2.05, 4.69) is 44.6 Å². The number of aliphatic imine (C=N–C) groups is 1. The molecule has 3 heterocycles. The summed E-state index contributed by atoms with van der Waals surface area (Å²) in [5.74, 6) is 2.76. The van der Waals surface area contributed by atoms with Gasteiger partial charge in [0.05, 0.1) is 12.8 Å². The van der Waals surface area contributed by atoms with Gasteiger partial charge in [-0.05, 0) is 49.9 Å². The maximum Gasteiger partial charge on any atom is 0.191 e. The molecule has 2 aromatic rings. The number of anilines is 1. The summed E-state index contributed by atoms with van der Waals surface area (Å²) >= 11 is 0. The number of rotatable bonds is 10. The first kappa shape index (κ1) is 25.5. The fraction of sp³-hybridized carbons (Fsp3) is 0.565. The Morgan fingerprint density at radius 1 is 1.16 bits per heavy atom. The number of ether oxygens (including phenoxy) is 1. The summed E-state index contributed by atoms with van der Waals surface area (Å²) in [5.41, 5.74) is 1.12. The Bertz CT molecular complexity index is 729. The Morgan fingerprint density at radius 3 is 2.68 bits per heavy atom. The molecule has 0 saturated carbocycles. The van der Waals surface area contributed by atoms with Gasteiger partial charge in [-0.15, -0.1) is 24.0 Å². The number of furan rings is 1. The first-order valence-electron chi connectivity index (χ1n) is 11.2. The molecule has 0 unspecified atom stereocenters. The maximum atomic E-state index is 5.61. The second kappa shape index (κ2) is 15.1. The molecule has 0 spiro atoms. The van der Waals surface area contributed by atoms with Crippen molar-refractivity contribution in [3.05, 3.63) is 48.0 Å². The third-order valence-electron chi connectivity index (χ3n) is 5.09. The SMILES string of the molecule is CCNC(=NCc1ccc(N2CCCCCC2)nc1)NCCCOCc1ccco1.I. The molecule has 1 saturated heterocycles. The van der Waals surface area contributed by atoms with E-state index in [-0.39, 0.29) is 24.0 Å². The van der Waals surface area contributed by atoms with E-state index in [9.17, 15) is 0 Å². The van der Waals surface area contributed by atoms with E-state index in [1.54, 1.807) is 6.26 Å². The van der Waals surface area contributed by atoms with Gasteiger partial charge in [0.15, 0.2) is 5.96 Å². The van der Waals surface area contributed by atoms with Gasteiger partial charge in [-0.25, -0.2) is 9.98 Å². The number of halogens is 1. The van der Waals surface area contributed by atoms with E-state index < -0.39 is 0 Å². The molecule has 1 fully saturated rings. The van der Waals surface area contributed by atoms with Crippen LogP contribution in [-0.2, 0) is 17.9 Å². The minimum absolute atomic E-state index is 0. The van der Waals surface area contributed by atoms with Crippen molar-refractivity contribution < 1.29 is 9.15 Å². The van der Waals surface area contributed by atoms with Crippen LogP contribution < -0.4 is 15.5 Å². The summed E-state index contributed by atoms with van der Waals surface area (Å²) in [5, 5.41) is 6.65. The van der Waals surface area contributed by atoms with Gasteiger partial charge in [-0.2, -0.15) is 0 Å². The van der Waals surface area contributed by atoms with Gasteiger partial charge >= 0.3 is 0 Å². The van der Waals surface area contributed by atoms with Crippen LogP contribution in [-0.4, -0.2) is 43.7 Å². The van der Waals surface area contributed by atoms with Crippen molar-refractivity contribution in [2.75, 3.05) is 37.7 Å². The summed E-state index contributed by atoms with van der Waals surface area (Å²) in [6.07, 6.45) is 9.71. The van der Waals surface area contributed by atoms with Crippen LogP contribution in [0.25, 0.3) is 0 Å². The summed E-state index contributed by atoms with van der Waals surface area (Å²) in [6.45, 7) is 7.73. The molecule has 172 valence electrons. The summed E-state index contributed by atoms with van der Waals surface area (Å²) < 4.78 is 10.9. The molecule has 8 heteroatoms. The fourth-order valence-electron chi connectivity index (χ4n) is 3.46. The Kier molecular flexibility index (Phi) is 12.4. The fourth-order valence-corrected chi connectivity index (χ4v) is 3.46. The molecular weight excluding hydrogens is 505 g/mol. The Labute approximate surface area is 203 Å². The van der Waals surface area contributed by atoms with Crippen LogP contribution in [0, 0.1) is 0 Å². The van der Waals surface area contributed by atoms with Crippen molar-refractivity contribution in [2.45, 2.75) is 52.2 Å². The predicted molar refractivity (Wildman–Crippen MR) is 136 cm³/mol. The second-order valence-electron chi connectivity index (χ2n) is 7.53. The number of hydrogen-bond acceptors (Lipinski definition) is 5. The Balaban J connectivity index is 0.00000341. The molecule has 0 aromatic carbocycles. The molecule has 1 aliphatic heterocycles. The van der Waals surface area contributed by atoms with E-state index in [0.29, 0.717) is 19.8 Å². The highest BCUT2D eigenvalue weighted by Gasteiger charge is 2.10. The number of nitrogens with one attached hydrogen (secondary N) is 2. The lowest BCUT2D eigenvalue weighted by atomic mass is 10.2. The number of aromatic nitrogens is 1. The van der Waals surface area contributed by atoms with E-state index in [1.807, 2.05) is 18.3 Å². The first-order chi connectivity index (χ1) is 14.8. The largest absolute Gasteiger partial charge is 0.467 e. The molecule has 2 N–H and O–H groups in total. The number of nitrogens with zero attached hydrogens (tertiary/aromatic N) is 3. The Morgan fingerprint density at radius 2 is 2.00 bits per heavy atom. The number of guanidine groups is 1. The van der Waals surface area contributed by atoms with Gasteiger partial charge in [0.2, 0.25) is 0 Å². The zero-order valence-corrected chi connectivity index (χ0v) is 20.8. The molecule has 7 nitrogen and oxygen atoms in total. The highest BCUT2D eigenvalue weighted by molar-refractivity contribution is 14.0. The van der Waals surface area contributed by atoms with Crippen LogP contribution in [0.4, 0.5) is 5.82 Å². The molecule has 0 radical (unpaired) electrons. The lowest BCUT2D eigenvalue weighted by Crippen LogP contribution is -2.38. The summed E-state index contributed by atoms with van der Waals surface area (Å²) in [6, 6.07) is 8.07. The van der Waals surface area contributed by atoms with Crippen molar-refractivity contribution >= 4 is 35.8 Å². The zero-order chi connectivity index (χ0) is 20.9. The van der Waals surface area contributed by atoms with Crippen molar-refractivity contribution in [1.29, 1.82) is 0 Å². The van der Waals surface area contributed by atoms with Gasteiger partial charge in [-0.3, -0.25) is 0 Å². The third-order valence-corrected chi connectivity index (χ3v) is 5.09. The standard InChI is InChI=1S/C23H35N5O2.HI/c1-2-24-23(25-12-8-15-29-19-21-9-7-16-30-21)27-18-20-10-11-22(26-17-20)28-13-5-3-4-6-14-28;/h7,9-11,16-17H,2-6,8,12-15,18-19H2,1H3,(H2,24,25,27);1H. The molecule has 0 bridgehead atoms. The van der Waals surface area contributed by atoms with Crippen LogP contribution in [0.1, 0.15) is 50.4 Å². The molecule has 3 rings (SSSR count). The van der Waals surface area contributed by atoms with E-state index in [0.717, 1.165) is 55.7 Å². The van der Waals surface area contributed by atoms with E-state index in [4.69, 9.17) is 9.15 Å². The van der Waals surface area contributed by atoms with Crippen molar-refractivity contribution in [3.63, 3.8) is 0 Å².